The predicted octanol–water partition coefficient (Wildman–Crippen LogP) is 0.399. The number of hydrogen-bond acceptors (Lipinski definition) is 5. The predicted molar refractivity (Wildman–Crippen MR) is 52.8 cm³/mol. The molecule has 0 bridgehead atoms. The third-order valence-corrected chi connectivity index (χ3v) is 6.00. The molecule has 74 valence electrons. The van der Waals surface area contributed by atoms with Gasteiger partial charge < -0.3 is 0 Å². The fourth-order valence-electron chi connectivity index (χ4n) is 0.726. The molecule has 0 fully saturated rings. The van der Waals surface area contributed by atoms with Gasteiger partial charge in [-0.05, 0) is 15.9 Å². The lowest BCUT2D eigenvalue weighted by molar-refractivity contribution is 0.606. The molecule has 1 rings (SSSR count). The Morgan fingerprint density at radius 1 is 1.54 bits per heavy atom. The van der Waals surface area contributed by atoms with Crippen LogP contribution in [0.1, 0.15) is 6.92 Å². The van der Waals surface area contributed by atoms with Crippen molar-refractivity contribution in [1.29, 1.82) is 0 Å². The van der Waals surface area contributed by atoms with Crippen LogP contribution < -0.4 is 0 Å². The van der Waals surface area contributed by atoms with Crippen LogP contribution in [0.5, 0.6) is 0 Å². The summed E-state index contributed by atoms with van der Waals surface area (Å²) in [5.74, 6) is -0.279. The summed E-state index contributed by atoms with van der Waals surface area (Å²) >= 11 is 2.81. The zero-order chi connectivity index (χ0) is 10.3. The molecule has 0 aromatic rings. The molecule has 1 heterocycles. The first-order valence-corrected chi connectivity index (χ1v) is 7.22. The van der Waals surface area contributed by atoms with E-state index in [1.807, 2.05) is 0 Å². The first-order chi connectivity index (χ1) is 5.79. The molecule has 0 atom stereocenters. The van der Waals surface area contributed by atoms with Crippen LogP contribution in [-0.2, 0) is 19.7 Å². The smallest absolute Gasteiger partial charge is 0.221 e. The number of halogens is 1. The molecule has 0 radical (unpaired) electrons. The highest BCUT2D eigenvalue weighted by molar-refractivity contribution is 9.11. The van der Waals surface area contributed by atoms with Crippen LogP contribution in [0.25, 0.3) is 0 Å². The lowest BCUT2D eigenvalue weighted by Crippen LogP contribution is -2.22. The maximum absolute atomic E-state index is 11.2. The van der Waals surface area contributed by atoms with Crippen LogP contribution in [0.2, 0.25) is 0 Å². The van der Waals surface area contributed by atoms with Gasteiger partial charge >= 0.3 is 0 Å². The maximum Gasteiger partial charge on any atom is 0.253 e. The number of rotatable bonds is 1. The summed E-state index contributed by atoms with van der Waals surface area (Å²) in [6, 6.07) is 0. The summed E-state index contributed by atoms with van der Waals surface area (Å²) in [4.78, 5) is 3.40. The molecule has 0 spiro atoms. The molecule has 0 amide bonds. The van der Waals surface area contributed by atoms with Crippen molar-refractivity contribution in [3.8, 4) is 0 Å². The standard InChI is InChI=1S/C5H6BrNO4S2/c1-2-12(8,9)5-7-4(6)3-13(5,10)11/h3H,2H2,1H3. The Morgan fingerprint density at radius 3 is 2.38 bits per heavy atom. The van der Waals surface area contributed by atoms with E-state index in [0.29, 0.717) is 0 Å². The minimum atomic E-state index is -3.85. The minimum absolute atomic E-state index is 0.0134. The van der Waals surface area contributed by atoms with Gasteiger partial charge in [0.15, 0.2) is 0 Å². The number of nitrogens with zero attached hydrogens (tertiary/aromatic N) is 1. The second-order valence-electron chi connectivity index (χ2n) is 2.27. The molecule has 13 heavy (non-hydrogen) atoms. The molecule has 8 heteroatoms. The third-order valence-electron chi connectivity index (χ3n) is 1.34. The van der Waals surface area contributed by atoms with E-state index in [9.17, 15) is 16.8 Å². The minimum Gasteiger partial charge on any atom is -0.221 e. The Hall–Kier alpha value is -0.210. The molecule has 1 aliphatic heterocycles. The van der Waals surface area contributed by atoms with Gasteiger partial charge in [-0.3, -0.25) is 0 Å². The van der Waals surface area contributed by atoms with Crippen molar-refractivity contribution in [3.63, 3.8) is 0 Å². The largest absolute Gasteiger partial charge is 0.253 e. The van der Waals surface area contributed by atoms with Crippen molar-refractivity contribution in [2.45, 2.75) is 6.92 Å². The average molecular weight is 288 g/mol. The molecule has 0 aromatic carbocycles. The van der Waals surface area contributed by atoms with Crippen molar-refractivity contribution < 1.29 is 16.8 Å². The van der Waals surface area contributed by atoms with Gasteiger partial charge in [-0.2, -0.15) is 0 Å². The zero-order valence-corrected chi connectivity index (χ0v) is 9.78. The van der Waals surface area contributed by atoms with Crippen LogP contribution in [0.3, 0.4) is 0 Å². The Bertz CT molecular complexity index is 485. The van der Waals surface area contributed by atoms with Crippen molar-refractivity contribution in [2.24, 2.45) is 4.99 Å². The molecule has 0 unspecified atom stereocenters. The van der Waals surface area contributed by atoms with E-state index < -0.39 is 24.1 Å². The van der Waals surface area contributed by atoms with E-state index in [2.05, 4.69) is 20.9 Å². The second-order valence-corrected chi connectivity index (χ2v) is 7.24. The van der Waals surface area contributed by atoms with Gasteiger partial charge in [0.25, 0.3) is 4.38 Å². The van der Waals surface area contributed by atoms with E-state index in [0.717, 1.165) is 5.41 Å². The van der Waals surface area contributed by atoms with Crippen molar-refractivity contribution in [3.05, 3.63) is 10.0 Å². The van der Waals surface area contributed by atoms with Gasteiger partial charge in [0, 0.05) is 0 Å². The number of sulfone groups is 2. The molecule has 0 saturated heterocycles. The summed E-state index contributed by atoms with van der Waals surface area (Å²) in [5.41, 5.74) is 0. The van der Waals surface area contributed by atoms with Crippen LogP contribution >= 0.6 is 15.9 Å². The third kappa shape index (κ3) is 2.00. The van der Waals surface area contributed by atoms with E-state index >= 15 is 0 Å². The highest BCUT2D eigenvalue weighted by Crippen LogP contribution is 2.22. The summed E-state index contributed by atoms with van der Waals surface area (Å²) in [7, 11) is -7.61. The van der Waals surface area contributed by atoms with Crippen molar-refractivity contribution in [1.82, 2.24) is 0 Å². The van der Waals surface area contributed by atoms with E-state index in [4.69, 9.17) is 0 Å². The molecular weight excluding hydrogens is 282 g/mol. The topological polar surface area (TPSA) is 80.6 Å². The average Bonchev–Trinajstić information content (AvgIpc) is 2.25. The normalized spacial score (nSPS) is 21.1. The molecule has 0 aliphatic carbocycles. The first kappa shape index (κ1) is 10.9. The fraction of sp³-hybridized carbons (Fsp3) is 0.400. The van der Waals surface area contributed by atoms with Gasteiger partial charge in [0.1, 0.15) is 4.61 Å². The molecule has 1 aliphatic rings. The van der Waals surface area contributed by atoms with Gasteiger partial charge in [0.05, 0.1) is 11.2 Å². The molecule has 0 aromatic heterocycles. The van der Waals surface area contributed by atoms with Crippen LogP contribution in [0.4, 0.5) is 0 Å². The summed E-state index contributed by atoms with van der Waals surface area (Å²) in [5, 5.41) is 0.773. The SMILES string of the molecule is CCS(=O)(=O)C1=NC(Br)=CS1(=O)=O. The molecular formula is C5H6BrNO4S2. The Balaban J connectivity index is 3.37. The van der Waals surface area contributed by atoms with Gasteiger partial charge in [-0.1, -0.05) is 6.92 Å². The molecule has 5 nitrogen and oxygen atoms in total. The number of hydrogen-bond donors (Lipinski definition) is 0. The lowest BCUT2D eigenvalue weighted by atomic mass is 11.0. The van der Waals surface area contributed by atoms with E-state index in [1.54, 1.807) is 0 Å². The zero-order valence-electron chi connectivity index (χ0n) is 6.56. The van der Waals surface area contributed by atoms with Gasteiger partial charge in [-0.25, -0.2) is 21.8 Å². The van der Waals surface area contributed by atoms with Crippen molar-refractivity contribution in [2.75, 3.05) is 5.75 Å². The first-order valence-electron chi connectivity index (χ1n) is 3.23. The summed E-state index contributed by atoms with van der Waals surface area (Å²) < 4.78 is 44.0. The van der Waals surface area contributed by atoms with Gasteiger partial charge in [-0.15, -0.1) is 0 Å². The lowest BCUT2D eigenvalue weighted by Gasteiger charge is -1.97. The molecule has 0 saturated carbocycles. The number of aliphatic imine (C=N–C) groups is 1. The quantitative estimate of drug-likeness (QED) is 0.654. The van der Waals surface area contributed by atoms with Gasteiger partial charge in [0.2, 0.25) is 19.7 Å². The van der Waals surface area contributed by atoms with E-state index in [-0.39, 0.29) is 10.4 Å². The monoisotopic (exact) mass is 287 g/mol. The Morgan fingerprint density at radius 2 is 2.08 bits per heavy atom. The maximum atomic E-state index is 11.2. The summed E-state index contributed by atoms with van der Waals surface area (Å²) in [6.07, 6.45) is 0. The van der Waals surface area contributed by atoms with Crippen LogP contribution in [0.15, 0.2) is 15.0 Å². The summed E-state index contributed by atoms with van der Waals surface area (Å²) in [6.45, 7) is 1.36. The highest BCUT2D eigenvalue weighted by atomic mass is 79.9. The second kappa shape index (κ2) is 3.18. The van der Waals surface area contributed by atoms with Crippen molar-refractivity contribution >= 4 is 40.0 Å². The van der Waals surface area contributed by atoms with Crippen LogP contribution in [-0.4, -0.2) is 27.0 Å². The Labute approximate surface area is 84.5 Å². The molecule has 0 N–H and O–H groups in total. The fourth-order valence-corrected chi connectivity index (χ4v) is 4.91. The highest BCUT2D eigenvalue weighted by Gasteiger charge is 2.34. The Kier molecular flexibility index (Phi) is 2.65. The van der Waals surface area contributed by atoms with E-state index in [1.165, 1.54) is 6.92 Å². The van der Waals surface area contributed by atoms with Crippen LogP contribution in [0, 0.1) is 0 Å².